The molecule has 0 radical (unpaired) electrons. The quantitative estimate of drug-likeness (QED) is 0.705. The van der Waals surface area contributed by atoms with E-state index in [-0.39, 0.29) is 0 Å². The van der Waals surface area contributed by atoms with Gasteiger partial charge in [-0.2, -0.15) is 0 Å². The summed E-state index contributed by atoms with van der Waals surface area (Å²) in [6.07, 6.45) is 8.20. The Morgan fingerprint density at radius 1 is 0.750 bits per heavy atom. The molecule has 0 saturated heterocycles. The third-order valence-corrected chi connectivity index (χ3v) is 4.75. The van der Waals surface area contributed by atoms with Crippen molar-refractivity contribution in [2.24, 2.45) is 5.92 Å². The molecule has 1 unspecified atom stereocenters. The molecule has 0 amide bonds. The van der Waals surface area contributed by atoms with E-state index in [2.05, 4.69) is 78.9 Å². The molecular formula is C20H18. The molecule has 2 aliphatic carbocycles. The van der Waals surface area contributed by atoms with Crippen LogP contribution in [0.5, 0.6) is 0 Å². The molecule has 0 aliphatic heterocycles. The minimum absolute atomic E-state index is 0.585. The lowest BCUT2D eigenvalue weighted by atomic mass is 9.89. The molecular weight excluding hydrogens is 240 g/mol. The summed E-state index contributed by atoms with van der Waals surface area (Å²) in [7, 11) is 0. The smallest absolute Gasteiger partial charge is 0.00635 e. The zero-order chi connectivity index (χ0) is 13.4. The topological polar surface area (TPSA) is 0 Å². The van der Waals surface area contributed by atoms with E-state index < -0.39 is 0 Å². The molecule has 0 bridgehead atoms. The number of rotatable bonds is 2. The monoisotopic (exact) mass is 258 g/mol. The third kappa shape index (κ3) is 1.84. The maximum absolute atomic E-state index is 2.38. The van der Waals surface area contributed by atoms with Gasteiger partial charge >= 0.3 is 0 Å². The van der Waals surface area contributed by atoms with Crippen molar-refractivity contribution in [3.63, 3.8) is 0 Å². The Morgan fingerprint density at radius 2 is 1.40 bits per heavy atom. The molecule has 2 aromatic carbocycles. The number of benzene rings is 2. The summed E-state index contributed by atoms with van der Waals surface area (Å²) < 4.78 is 0. The number of hydrogen-bond acceptors (Lipinski definition) is 0. The Balaban J connectivity index is 1.72. The minimum Gasteiger partial charge on any atom is -0.0767 e. The maximum Gasteiger partial charge on any atom is 0.00635 e. The molecule has 0 spiro atoms. The van der Waals surface area contributed by atoms with Crippen LogP contribution in [0.15, 0.2) is 84.5 Å². The normalized spacial score (nSPS) is 27.4. The van der Waals surface area contributed by atoms with Crippen molar-refractivity contribution in [2.75, 3.05) is 0 Å². The first-order chi connectivity index (χ1) is 9.93. The van der Waals surface area contributed by atoms with Crippen LogP contribution < -0.4 is 0 Å². The fraction of sp³-hybridized carbons (Fsp3) is 0.200. The van der Waals surface area contributed by atoms with Crippen LogP contribution in [-0.2, 0) is 0 Å². The highest BCUT2D eigenvalue weighted by Crippen LogP contribution is 2.53. The number of hydrogen-bond donors (Lipinski definition) is 0. The fourth-order valence-electron chi connectivity index (χ4n) is 3.82. The van der Waals surface area contributed by atoms with Gasteiger partial charge in [0.15, 0.2) is 0 Å². The molecule has 1 fully saturated rings. The summed E-state index contributed by atoms with van der Waals surface area (Å²) >= 11 is 0. The lowest BCUT2D eigenvalue weighted by Gasteiger charge is -2.15. The van der Waals surface area contributed by atoms with Gasteiger partial charge in [-0.05, 0) is 23.5 Å². The lowest BCUT2D eigenvalue weighted by molar-refractivity contribution is 0.624. The van der Waals surface area contributed by atoms with Gasteiger partial charge in [0, 0.05) is 11.8 Å². The molecule has 4 rings (SSSR count). The van der Waals surface area contributed by atoms with Crippen LogP contribution in [0.4, 0.5) is 0 Å². The SMILES string of the molecule is C1=CC2C(=C1)[C@H](c1ccccc1)C[C@H]2c1ccccc1. The molecule has 98 valence electrons. The Bertz CT molecular complexity index is 649. The van der Waals surface area contributed by atoms with E-state index in [0.29, 0.717) is 17.8 Å². The van der Waals surface area contributed by atoms with Gasteiger partial charge in [0.05, 0.1) is 0 Å². The molecule has 2 aliphatic rings. The Kier molecular flexibility index (Phi) is 2.81. The first-order valence-corrected chi connectivity index (χ1v) is 7.41. The van der Waals surface area contributed by atoms with Crippen molar-refractivity contribution < 1.29 is 0 Å². The van der Waals surface area contributed by atoms with Gasteiger partial charge in [-0.25, -0.2) is 0 Å². The highest BCUT2D eigenvalue weighted by atomic mass is 14.4. The fourth-order valence-corrected chi connectivity index (χ4v) is 3.82. The van der Waals surface area contributed by atoms with Gasteiger partial charge in [0.25, 0.3) is 0 Å². The molecule has 0 N–H and O–H groups in total. The molecule has 0 nitrogen and oxygen atoms in total. The van der Waals surface area contributed by atoms with E-state index in [0.717, 1.165) is 0 Å². The summed E-state index contributed by atoms with van der Waals surface area (Å²) in [4.78, 5) is 0. The molecule has 3 atom stereocenters. The Hall–Kier alpha value is -2.08. The van der Waals surface area contributed by atoms with Gasteiger partial charge in [-0.3, -0.25) is 0 Å². The summed E-state index contributed by atoms with van der Waals surface area (Å²) in [6.45, 7) is 0. The van der Waals surface area contributed by atoms with Gasteiger partial charge < -0.3 is 0 Å². The van der Waals surface area contributed by atoms with Gasteiger partial charge in [0.1, 0.15) is 0 Å². The summed E-state index contributed by atoms with van der Waals surface area (Å²) in [5.74, 6) is 1.82. The first-order valence-electron chi connectivity index (χ1n) is 7.41. The molecule has 2 aromatic rings. The summed E-state index contributed by atoms with van der Waals surface area (Å²) in [6, 6.07) is 21.9. The van der Waals surface area contributed by atoms with E-state index in [4.69, 9.17) is 0 Å². The van der Waals surface area contributed by atoms with Gasteiger partial charge in [-0.15, -0.1) is 0 Å². The Morgan fingerprint density at radius 3 is 2.10 bits per heavy atom. The van der Waals surface area contributed by atoms with Crippen LogP contribution in [0, 0.1) is 5.92 Å². The van der Waals surface area contributed by atoms with Crippen LogP contribution in [0.1, 0.15) is 29.4 Å². The lowest BCUT2D eigenvalue weighted by Crippen LogP contribution is -2.02. The second-order valence-corrected chi connectivity index (χ2v) is 5.79. The largest absolute Gasteiger partial charge is 0.0767 e. The zero-order valence-electron chi connectivity index (χ0n) is 11.4. The van der Waals surface area contributed by atoms with E-state index >= 15 is 0 Å². The van der Waals surface area contributed by atoms with Crippen LogP contribution in [0.2, 0.25) is 0 Å². The zero-order valence-corrected chi connectivity index (χ0v) is 11.4. The van der Waals surface area contributed by atoms with Gasteiger partial charge in [0.2, 0.25) is 0 Å². The van der Waals surface area contributed by atoms with Crippen LogP contribution in [0.3, 0.4) is 0 Å². The van der Waals surface area contributed by atoms with Crippen molar-refractivity contribution in [1.82, 2.24) is 0 Å². The van der Waals surface area contributed by atoms with Gasteiger partial charge in [-0.1, -0.05) is 84.5 Å². The first kappa shape index (κ1) is 11.7. The average molecular weight is 258 g/mol. The van der Waals surface area contributed by atoms with Crippen molar-refractivity contribution in [1.29, 1.82) is 0 Å². The molecule has 20 heavy (non-hydrogen) atoms. The molecule has 1 saturated carbocycles. The highest BCUT2D eigenvalue weighted by Gasteiger charge is 2.39. The Labute approximate surface area is 120 Å². The van der Waals surface area contributed by atoms with E-state index in [9.17, 15) is 0 Å². The summed E-state index contributed by atoms with van der Waals surface area (Å²) in [5, 5.41) is 0. The molecule has 0 aromatic heterocycles. The predicted molar refractivity (Wildman–Crippen MR) is 83.7 cm³/mol. The third-order valence-electron chi connectivity index (χ3n) is 4.75. The van der Waals surface area contributed by atoms with Crippen molar-refractivity contribution >= 4 is 0 Å². The van der Waals surface area contributed by atoms with Crippen molar-refractivity contribution in [2.45, 2.75) is 18.3 Å². The van der Waals surface area contributed by atoms with Crippen LogP contribution in [0.25, 0.3) is 0 Å². The van der Waals surface area contributed by atoms with E-state index in [1.807, 2.05) is 0 Å². The highest BCUT2D eigenvalue weighted by molar-refractivity contribution is 5.45. The second kappa shape index (κ2) is 4.79. The maximum atomic E-state index is 2.38. The van der Waals surface area contributed by atoms with E-state index in [1.165, 1.54) is 17.5 Å². The molecule has 0 heteroatoms. The predicted octanol–water partition coefficient (Wildman–Crippen LogP) is 5.07. The molecule has 0 heterocycles. The number of allylic oxidation sites excluding steroid dienone is 4. The van der Waals surface area contributed by atoms with Crippen molar-refractivity contribution in [3.05, 3.63) is 95.6 Å². The van der Waals surface area contributed by atoms with E-state index in [1.54, 1.807) is 5.57 Å². The minimum atomic E-state index is 0.585. The van der Waals surface area contributed by atoms with Crippen LogP contribution >= 0.6 is 0 Å². The van der Waals surface area contributed by atoms with Crippen molar-refractivity contribution in [3.8, 4) is 0 Å². The second-order valence-electron chi connectivity index (χ2n) is 5.79. The average Bonchev–Trinajstić information content (AvgIpc) is 3.11. The number of fused-ring (bicyclic) bond motifs is 1. The van der Waals surface area contributed by atoms with Crippen LogP contribution in [-0.4, -0.2) is 0 Å². The standard InChI is InChI=1S/C20H18/c1-3-8-15(9-4-1)19-14-20(16-10-5-2-6-11-16)18-13-7-12-17(18)19/h1-13,17,19-20H,14H2/t17?,19-,20-/m0/s1. The summed E-state index contributed by atoms with van der Waals surface area (Å²) in [5.41, 5.74) is 4.55.